The molecule has 0 bridgehead atoms. The SMILES string of the molecule is CC(Cc1ccc(C(F)(F)F)cc1)NC(=O)Cc1cccc(C(=O)O)c1. The summed E-state index contributed by atoms with van der Waals surface area (Å²) in [6.45, 7) is 1.75. The van der Waals surface area contributed by atoms with Gasteiger partial charge >= 0.3 is 12.1 Å². The van der Waals surface area contributed by atoms with Gasteiger partial charge in [0, 0.05) is 6.04 Å². The molecule has 7 heteroatoms. The summed E-state index contributed by atoms with van der Waals surface area (Å²) in [6, 6.07) is 10.6. The number of hydrogen-bond acceptors (Lipinski definition) is 2. The van der Waals surface area contributed by atoms with Gasteiger partial charge in [0.15, 0.2) is 0 Å². The molecule has 0 saturated carbocycles. The zero-order chi connectivity index (χ0) is 19.3. The van der Waals surface area contributed by atoms with Gasteiger partial charge in [0.05, 0.1) is 17.5 Å². The Hall–Kier alpha value is -2.83. The molecule has 138 valence electrons. The maximum Gasteiger partial charge on any atom is 0.416 e. The summed E-state index contributed by atoms with van der Waals surface area (Å²) in [5.41, 5.74) is 0.646. The summed E-state index contributed by atoms with van der Waals surface area (Å²) < 4.78 is 37.6. The van der Waals surface area contributed by atoms with Crippen molar-refractivity contribution in [2.24, 2.45) is 0 Å². The number of carboxylic acids is 1. The number of carbonyl (C=O) groups is 2. The molecule has 26 heavy (non-hydrogen) atoms. The van der Waals surface area contributed by atoms with E-state index in [9.17, 15) is 22.8 Å². The van der Waals surface area contributed by atoms with E-state index in [1.807, 2.05) is 0 Å². The fourth-order valence-electron chi connectivity index (χ4n) is 2.56. The number of alkyl halides is 3. The number of carboxylic acid groups (broad SMARTS) is 1. The maximum absolute atomic E-state index is 12.5. The summed E-state index contributed by atoms with van der Waals surface area (Å²) >= 11 is 0. The van der Waals surface area contributed by atoms with Crippen molar-refractivity contribution in [1.82, 2.24) is 5.32 Å². The van der Waals surface area contributed by atoms with Crippen molar-refractivity contribution in [3.8, 4) is 0 Å². The van der Waals surface area contributed by atoms with E-state index in [0.29, 0.717) is 17.5 Å². The van der Waals surface area contributed by atoms with Crippen LogP contribution in [0.3, 0.4) is 0 Å². The van der Waals surface area contributed by atoms with Crippen LogP contribution in [0.2, 0.25) is 0 Å². The number of rotatable bonds is 6. The minimum absolute atomic E-state index is 0.0263. The minimum Gasteiger partial charge on any atom is -0.478 e. The molecular weight excluding hydrogens is 347 g/mol. The molecule has 1 unspecified atom stereocenters. The van der Waals surface area contributed by atoms with Gasteiger partial charge in [-0.05, 0) is 48.7 Å². The third-order valence-electron chi connectivity index (χ3n) is 3.77. The number of carbonyl (C=O) groups excluding carboxylic acids is 1. The van der Waals surface area contributed by atoms with Crippen LogP contribution in [0.4, 0.5) is 13.2 Å². The van der Waals surface area contributed by atoms with Crippen molar-refractivity contribution < 1.29 is 27.9 Å². The Morgan fingerprint density at radius 3 is 2.31 bits per heavy atom. The number of amides is 1. The van der Waals surface area contributed by atoms with Crippen molar-refractivity contribution in [2.75, 3.05) is 0 Å². The first-order valence-electron chi connectivity index (χ1n) is 7.93. The highest BCUT2D eigenvalue weighted by molar-refractivity contribution is 5.88. The highest BCUT2D eigenvalue weighted by atomic mass is 19.4. The second-order valence-electron chi connectivity index (χ2n) is 6.05. The van der Waals surface area contributed by atoms with Crippen LogP contribution in [0.1, 0.15) is 34.0 Å². The standard InChI is InChI=1S/C19H18F3NO3/c1-12(9-13-5-7-16(8-6-13)19(20,21)22)23-17(24)11-14-3-2-4-15(10-14)18(25)26/h2-8,10,12H,9,11H2,1H3,(H,23,24)(H,25,26). The van der Waals surface area contributed by atoms with Crippen LogP contribution in [0, 0.1) is 0 Å². The number of halogens is 3. The Balaban J connectivity index is 1.91. The molecule has 0 spiro atoms. The highest BCUT2D eigenvalue weighted by Crippen LogP contribution is 2.29. The fraction of sp³-hybridized carbons (Fsp3) is 0.263. The molecule has 0 aliphatic carbocycles. The molecular formula is C19H18F3NO3. The molecule has 2 aromatic carbocycles. The van der Waals surface area contributed by atoms with Gasteiger partial charge in [0.25, 0.3) is 0 Å². The molecule has 0 heterocycles. The second kappa shape index (κ2) is 8.03. The van der Waals surface area contributed by atoms with E-state index < -0.39 is 17.7 Å². The molecule has 0 saturated heterocycles. The van der Waals surface area contributed by atoms with Gasteiger partial charge < -0.3 is 10.4 Å². The van der Waals surface area contributed by atoms with Crippen LogP contribution in [-0.4, -0.2) is 23.0 Å². The Bertz CT molecular complexity index is 785. The lowest BCUT2D eigenvalue weighted by Crippen LogP contribution is -2.35. The van der Waals surface area contributed by atoms with Crippen molar-refractivity contribution in [3.63, 3.8) is 0 Å². The molecule has 2 aromatic rings. The molecule has 2 rings (SSSR count). The first kappa shape index (κ1) is 19.5. The van der Waals surface area contributed by atoms with Crippen LogP contribution >= 0.6 is 0 Å². The van der Waals surface area contributed by atoms with Crippen molar-refractivity contribution >= 4 is 11.9 Å². The maximum atomic E-state index is 12.5. The minimum atomic E-state index is -4.37. The number of aromatic carboxylic acids is 1. The molecule has 0 radical (unpaired) electrons. The van der Waals surface area contributed by atoms with E-state index >= 15 is 0 Å². The zero-order valence-corrected chi connectivity index (χ0v) is 14.0. The molecule has 2 N–H and O–H groups in total. The van der Waals surface area contributed by atoms with E-state index in [0.717, 1.165) is 12.1 Å². The third kappa shape index (κ3) is 5.61. The first-order chi connectivity index (χ1) is 12.1. The number of hydrogen-bond donors (Lipinski definition) is 2. The summed E-state index contributed by atoms with van der Waals surface area (Å²) in [4.78, 5) is 23.0. The highest BCUT2D eigenvalue weighted by Gasteiger charge is 2.29. The lowest BCUT2D eigenvalue weighted by molar-refractivity contribution is -0.137. The smallest absolute Gasteiger partial charge is 0.416 e. The number of benzene rings is 2. The van der Waals surface area contributed by atoms with E-state index in [1.54, 1.807) is 19.1 Å². The van der Waals surface area contributed by atoms with Gasteiger partial charge in [-0.3, -0.25) is 4.79 Å². The summed E-state index contributed by atoms with van der Waals surface area (Å²) in [7, 11) is 0. The van der Waals surface area contributed by atoms with Gasteiger partial charge in [-0.2, -0.15) is 13.2 Å². The van der Waals surface area contributed by atoms with Crippen LogP contribution in [-0.2, 0) is 23.8 Å². The van der Waals surface area contributed by atoms with E-state index in [1.165, 1.54) is 24.3 Å². The molecule has 1 amide bonds. The lowest BCUT2D eigenvalue weighted by Gasteiger charge is -2.15. The monoisotopic (exact) mass is 365 g/mol. The van der Waals surface area contributed by atoms with Gasteiger partial charge in [0.2, 0.25) is 5.91 Å². The lowest BCUT2D eigenvalue weighted by atomic mass is 10.0. The number of nitrogens with one attached hydrogen (secondary N) is 1. The molecule has 4 nitrogen and oxygen atoms in total. The topological polar surface area (TPSA) is 66.4 Å². The van der Waals surface area contributed by atoms with Crippen molar-refractivity contribution in [3.05, 3.63) is 70.8 Å². The largest absolute Gasteiger partial charge is 0.478 e. The van der Waals surface area contributed by atoms with Gasteiger partial charge in [-0.25, -0.2) is 4.79 Å². The quantitative estimate of drug-likeness (QED) is 0.820. The van der Waals surface area contributed by atoms with Crippen LogP contribution < -0.4 is 5.32 Å². The van der Waals surface area contributed by atoms with E-state index in [-0.39, 0.29) is 23.9 Å². The molecule has 0 fully saturated rings. The summed E-state index contributed by atoms with van der Waals surface area (Å²) in [5.74, 6) is -1.35. The Kier molecular flexibility index (Phi) is 6.02. The van der Waals surface area contributed by atoms with Gasteiger partial charge in [0.1, 0.15) is 0 Å². The summed E-state index contributed by atoms with van der Waals surface area (Å²) in [6.07, 6.45) is -3.96. The predicted molar refractivity (Wildman–Crippen MR) is 89.9 cm³/mol. The van der Waals surface area contributed by atoms with Gasteiger partial charge in [-0.15, -0.1) is 0 Å². The van der Waals surface area contributed by atoms with Crippen molar-refractivity contribution in [1.29, 1.82) is 0 Å². The van der Waals surface area contributed by atoms with Crippen LogP contribution in [0.15, 0.2) is 48.5 Å². The van der Waals surface area contributed by atoms with Gasteiger partial charge in [-0.1, -0.05) is 24.3 Å². The Morgan fingerprint density at radius 1 is 1.08 bits per heavy atom. The normalized spacial score (nSPS) is 12.5. The van der Waals surface area contributed by atoms with Crippen molar-refractivity contribution in [2.45, 2.75) is 32.0 Å². The second-order valence-corrected chi connectivity index (χ2v) is 6.05. The third-order valence-corrected chi connectivity index (χ3v) is 3.77. The van der Waals surface area contributed by atoms with Crippen LogP contribution in [0.25, 0.3) is 0 Å². The average molecular weight is 365 g/mol. The van der Waals surface area contributed by atoms with Crippen LogP contribution in [0.5, 0.6) is 0 Å². The van der Waals surface area contributed by atoms with E-state index in [4.69, 9.17) is 5.11 Å². The first-order valence-corrected chi connectivity index (χ1v) is 7.93. The van der Waals surface area contributed by atoms with E-state index in [2.05, 4.69) is 5.32 Å². The average Bonchev–Trinajstić information content (AvgIpc) is 2.54. The predicted octanol–water partition coefficient (Wildman–Crippen LogP) is 3.69. The Morgan fingerprint density at radius 2 is 1.73 bits per heavy atom. The molecule has 0 aromatic heterocycles. The fourth-order valence-corrected chi connectivity index (χ4v) is 2.56. The molecule has 1 atom stereocenters. The molecule has 0 aliphatic heterocycles. The molecule has 0 aliphatic rings. The summed E-state index contributed by atoms with van der Waals surface area (Å²) in [5, 5.41) is 11.7. The zero-order valence-electron chi connectivity index (χ0n) is 14.0. The Labute approximate surface area is 148 Å².